The maximum atomic E-state index is 6.25. The van der Waals surface area contributed by atoms with E-state index in [-0.39, 0.29) is 6.04 Å². The molecule has 2 aliphatic heterocycles. The van der Waals surface area contributed by atoms with E-state index in [0.717, 1.165) is 53.4 Å². The third kappa shape index (κ3) is 6.41. The molecule has 1 aromatic carbocycles. The van der Waals surface area contributed by atoms with E-state index in [9.17, 15) is 0 Å². The van der Waals surface area contributed by atoms with Crippen LogP contribution in [0.5, 0.6) is 0 Å². The average Bonchev–Trinajstić information content (AvgIpc) is 2.86. The van der Waals surface area contributed by atoms with E-state index in [2.05, 4.69) is 77.8 Å². The van der Waals surface area contributed by atoms with E-state index < -0.39 is 0 Å². The summed E-state index contributed by atoms with van der Waals surface area (Å²) in [6, 6.07) is 8.95. The Bertz CT molecular complexity index is 959. The third-order valence-corrected chi connectivity index (χ3v) is 6.68. The van der Waals surface area contributed by atoms with Crippen LogP contribution >= 0.6 is 0 Å². The predicted molar refractivity (Wildman–Crippen MR) is 146 cm³/mol. The Balaban J connectivity index is 0.00000158. The van der Waals surface area contributed by atoms with Crippen LogP contribution < -0.4 is 11.1 Å². The molecule has 0 aromatic heterocycles. The molecule has 1 aliphatic carbocycles. The first-order valence-corrected chi connectivity index (χ1v) is 13.0. The topological polar surface area (TPSA) is 56.9 Å². The molecule has 1 fully saturated rings. The number of allylic oxidation sites excluding steroid dienone is 4. The summed E-state index contributed by atoms with van der Waals surface area (Å²) in [7, 11) is 0. The van der Waals surface area contributed by atoms with Crippen LogP contribution in [0.2, 0.25) is 0 Å². The van der Waals surface area contributed by atoms with Gasteiger partial charge in [-0.2, -0.15) is 0 Å². The lowest BCUT2D eigenvalue weighted by atomic mass is 9.94. The van der Waals surface area contributed by atoms with Crippen LogP contribution in [0.4, 0.5) is 5.69 Å². The fourth-order valence-corrected chi connectivity index (χ4v) is 4.65. The fourth-order valence-electron chi connectivity index (χ4n) is 4.65. The largest absolute Gasteiger partial charge is 0.402 e. The molecule has 184 valence electrons. The average molecular weight is 462 g/mol. The second-order valence-corrected chi connectivity index (χ2v) is 9.08. The Morgan fingerprint density at radius 2 is 1.82 bits per heavy atom. The molecular formula is C29H43N5. The fraction of sp³-hybridized carbons (Fsp3) is 0.483. The minimum Gasteiger partial charge on any atom is -0.402 e. The monoisotopic (exact) mass is 461 g/mol. The van der Waals surface area contributed by atoms with Crippen molar-refractivity contribution in [2.45, 2.75) is 79.3 Å². The lowest BCUT2D eigenvalue weighted by molar-refractivity contribution is 0.221. The number of hydrogen-bond donors (Lipinski definition) is 2. The van der Waals surface area contributed by atoms with Crippen molar-refractivity contribution in [2.75, 3.05) is 18.4 Å². The lowest BCUT2D eigenvalue weighted by Gasteiger charge is -2.32. The predicted octanol–water partition coefficient (Wildman–Crippen LogP) is 6.54. The highest BCUT2D eigenvalue weighted by molar-refractivity contribution is 6.00. The second kappa shape index (κ2) is 12.6. The quantitative estimate of drug-likeness (QED) is 0.523. The van der Waals surface area contributed by atoms with E-state index in [1.807, 2.05) is 20.8 Å². The minimum absolute atomic E-state index is 0.119. The highest BCUT2D eigenvalue weighted by Gasteiger charge is 2.24. The van der Waals surface area contributed by atoms with E-state index in [1.54, 1.807) is 0 Å². The van der Waals surface area contributed by atoms with Gasteiger partial charge in [-0.25, -0.2) is 4.99 Å². The summed E-state index contributed by atoms with van der Waals surface area (Å²) in [6.45, 7) is 13.8. The summed E-state index contributed by atoms with van der Waals surface area (Å²) in [5, 5.41) is 3.59. The number of aliphatic imine (C=N–C) groups is 1. The number of nitrogens with one attached hydrogen (secondary N) is 1. The molecule has 1 unspecified atom stereocenters. The van der Waals surface area contributed by atoms with Gasteiger partial charge in [0.25, 0.3) is 0 Å². The number of benzene rings is 1. The summed E-state index contributed by atoms with van der Waals surface area (Å²) in [6.07, 6.45) is 14.5. The van der Waals surface area contributed by atoms with Gasteiger partial charge in [-0.1, -0.05) is 44.6 Å². The first-order valence-electron chi connectivity index (χ1n) is 13.0. The van der Waals surface area contributed by atoms with Gasteiger partial charge in [-0.05, 0) is 82.8 Å². The normalized spacial score (nSPS) is 21.5. The summed E-state index contributed by atoms with van der Waals surface area (Å²) >= 11 is 0. The van der Waals surface area contributed by atoms with E-state index >= 15 is 0 Å². The zero-order valence-corrected chi connectivity index (χ0v) is 21.8. The summed E-state index contributed by atoms with van der Waals surface area (Å²) < 4.78 is 0. The number of likely N-dealkylation sites (tertiary alicyclic amines) is 1. The highest BCUT2D eigenvalue weighted by Crippen LogP contribution is 2.31. The smallest absolute Gasteiger partial charge is 0.130 e. The Labute approximate surface area is 206 Å². The molecule has 34 heavy (non-hydrogen) atoms. The Morgan fingerprint density at radius 1 is 1.12 bits per heavy atom. The molecule has 5 nitrogen and oxygen atoms in total. The van der Waals surface area contributed by atoms with Crippen molar-refractivity contribution in [2.24, 2.45) is 10.7 Å². The molecule has 0 spiro atoms. The molecule has 5 heteroatoms. The van der Waals surface area contributed by atoms with Crippen molar-refractivity contribution in [3.63, 3.8) is 0 Å². The summed E-state index contributed by atoms with van der Waals surface area (Å²) in [5.41, 5.74) is 12.9. The van der Waals surface area contributed by atoms with E-state index in [1.165, 1.54) is 37.9 Å². The van der Waals surface area contributed by atoms with Gasteiger partial charge in [0.15, 0.2) is 0 Å². The van der Waals surface area contributed by atoms with Gasteiger partial charge >= 0.3 is 0 Å². The van der Waals surface area contributed by atoms with Crippen LogP contribution in [0.15, 0.2) is 76.4 Å². The first-order chi connectivity index (χ1) is 16.5. The molecule has 0 amide bonds. The van der Waals surface area contributed by atoms with Crippen LogP contribution in [-0.4, -0.2) is 34.8 Å². The Morgan fingerprint density at radius 3 is 2.50 bits per heavy atom. The summed E-state index contributed by atoms with van der Waals surface area (Å²) in [4.78, 5) is 9.82. The number of nitrogens with zero attached hydrogens (tertiary/aromatic N) is 3. The number of hydrogen-bond acceptors (Lipinski definition) is 5. The van der Waals surface area contributed by atoms with Gasteiger partial charge in [-0.15, -0.1) is 0 Å². The van der Waals surface area contributed by atoms with Crippen LogP contribution in [0.25, 0.3) is 0 Å². The van der Waals surface area contributed by atoms with E-state index in [0.29, 0.717) is 0 Å². The lowest BCUT2D eigenvalue weighted by Crippen LogP contribution is -2.39. The molecule has 0 bridgehead atoms. The minimum atomic E-state index is 0.119. The molecule has 4 rings (SSSR count). The zero-order chi connectivity index (χ0) is 24.5. The summed E-state index contributed by atoms with van der Waals surface area (Å²) in [5.74, 6) is 0.947. The van der Waals surface area contributed by atoms with Crippen molar-refractivity contribution in [3.05, 3.63) is 76.9 Å². The van der Waals surface area contributed by atoms with Crippen molar-refractivity contribution in [3.8, 4) is 0 Å². The van der Waals surface area contributed by atoms with Crippen molar-refractivity contribution >= 4 is 11.5 Å². The molecule has 1 atom stereocenters. The molecule has 1 aromatic rings. The zero-order valence-electron chi connectivity index (χ0n) is 21.8. The SMILES string of the molecule is C/C=C\N1C=C(C2=CCCC(N)=C2C)N=C(Nc2ccc(CN3CCCCC3)cc2)C1C.CC. The number of amidine groups is 1. The van der Waals surface area contributed by atoms with Crippen LogP contribution in [-0.2, 0) is 6.54 Å². The van der Waals surface area contributed by atoms with Crippen molar-refractivity contribution in [1.82, 2.24) is 9.80 Å². The molecule has 3 aliphatic rings. The van der Waals surface area contributed by atoms with Crippen molar-refractivity contribution in [1.29, 1.82) is 0 Å². The van der Waals surface area contributed by atoms with Gasteiger partial charge in [-0.3, -0.25) is 4.90 Å². The van der Waals surface area contributed by atoms with Gasteiger partial charge in [0, 0.05) is 35.9 Å². The maximum Gasteiger partial charge on any atom is 0.130 e. The number of rotatable bonds is 5. The second-order valence-electron chi connectivity index (χ2n) is 9.08. The molecule has 3 N–H and O–H groups in total. The van der Waals surface area contributed by atoms with Gasteiger partial charge < -0.3 is 16.0 Å². The van der Waals surface area contributed by atoms with E-state index in [4.69, 9.17) is 10.7 Å². The van der Waals surface area contributed by atoms with Crippen molar-refractivity contribution < 1.29 is 0 Å². The first kappa shape index (κ1) is 25.8. The molecule has 2 heterocycles. The maximum absolute atomic E-state index is 6.25. The standard InChI is InChI=1S/C27H37N5.C2H6/c1-4-15-32-19-26(24-9-8-10-25(28)20(24)2)30-27(21(32)3)29-23-13-11-22(12-14-23)18-31-16-6-5-7-17-31;1-2/h4,9,11-15,19,21H,5-8,10,16-18,28H2,1-3H3,(H,29,30);1-2H3/b15-4-;. The molecule has 0 radical (unpaired) electrons. The van der Waals surface area contributed by atoms with Crippen LogP contribution in [0.3, 0.4) is 0 Å². The number of anilines is 1. The van der Waals surface area contributed by atoms with Crippen LogP contribution in [0.1, 0.15) is 72.3 Å². The number of nitrogens with two attached hydrogens (primary N) is 1. The highest BCUT2D eigenvalue weighted by atomic mass is 15.2. The third-order valence-electron chi connectivity index (χ3n) is 6.68. The molecular weight excluding hydrogens is 418 g/mol. The molecule has 1 saturated heterocycles. The molecule has 0 saturated carbocycles. The van der Waals surface area contributed by atoms with Crippen LogP contribution in [0, 0.1) is 0 Å². The van der Waals surface area contributed by atoms with Gasteiger partial charge in [0.05, 0.1) is 11.7 Å². The Kier molecular flexibility index (Phi) is 9.58. The van der Waals surface area contributed by atoms with Gasteiger partial charge in [0.2, 0.25) is 0 Å². The Hall–Kier alpha value is -2.79. The number of piperidine rings is 1. The van der Waals surface area contributed by atoms with Gasteiger partial charge in [0.1, 0.15) is 5.84 Å².